The Balaban J connectivity index is 2.07. The third kappa shape index (κ3) is 4.15. The van der Waals surface area contributed by atoms with Gasteiger partial charge in [0.25, 0.3) is 5.91 Å². The lowest BCUT2D eigenvalue weighted by molar-refractivity contribution is -0.122. The second-order valence-electron chi connectivity index (χ2n) is 4.83. The van der Waals surface area contributed by atoms with Gasteiger partial charge >= 0.3 is 0 Å². The number of nitrogens with one attached hydrogen (secondary N) is 1. The molecule has 0 aromatic heterocycles. The first kappa shape index (κ1) is 16.7. The number of halogens is 2. The molecule has 22 heavy (non-hydrogen) atoms. The van der Waals surface area contributed by atoms with Crippen LogP contribution in [-0.2, 0) is 11.2 Å². The van der Waals surface area contributed by atoms with Crippen LogP contribution in [0.5, 0.6) is 5.75 Å². The summed E-state index contributed by atoms with van der Waals surface area (Å²) in [6.07, 6.45) is 0.188. The fraction of sp³-hybridized carbons (Fsp3) is 0.235. The van der Waals surface area contributed by atoms with E-state index in [0.717, 1.165) is 12.0 Å². The first-order chi connectivity index (χ1) is 10.5. The van der Waals surface area contributed by atoms with Crippen LogP contribution in [0, 0.1) is 0 Å². The number of carbonyl (C=O) groups excluding carboxylic acids is 1. The Bertz CT molecular complexity index is 673. The predicted molar refractivity (Wildman–Crippen MR) is 91.0 cm³/mol. The Morgan fingerprint density at radius 3 is 2.68 bits per heavy atom. The van der Waals surface area contributed by atoms with E-state index >= 15 is 0 Å². The summed E-state index contributed by atoms with van der Waals surface area (Å²) in [5.74, 6) is 0.430. The zero-order chi connectivity index (χ0) is 16.1. The molecule has 1 N–H and O–H groups in total. The fourth-order valence-electron chi connectivity index (χ4n) is 1.98. The Kier molecular flexibility index (Phi) is 5.69. The number of ether oxygens (including phenoxy) is 1. The van der Waals surface area contributed by atoms with E-state index in [1.54, 1.807) is 25.1 Å². The first-order valence-electron chi connectivity index (χ1n) is 7.01. The summed E-state index contributed by atoms with van der Waals surface area (Å²) >= 11 is 11.9. The zero-order valence-corrected chi connectivity index (χ0v) is 13.9. The van der Waals surface area contributed by atoms with E-state index in [0.29, 0.717) is 21.5 Å². The number of hydrogen-bond donors (Lipinski definition) is 1. The second kappa shape index (κ2) is 7.52. The number of amides is 1. The molecule has 0 aliphatic heterocycles. The van der Waals surface area contributed by atoms with E-state index in [-0.39, 0.29) is 5.91 Å². The Morgan fingerprint density at radius 2 is 1.95 bits per heavy atom. The molecule has 3 nitrogen and oxygen atoms in total. The fourth-order valence-corrected chi connectivity index (χ4v) is 2.32. The van der Waals surface area contributed by atoms with Gasteiger partial charge in [-0.05, 0) is 43.2 Å². The number of rotatable bonds is 5. The Hall–Kier alpha value is -1.71. The number of anilines is 1. The van der Waals surface area contributed by atoms with Crippen molar-refractivity contribution < 1.29 is 9.53 Å². The minimum absolute atomic E-state index is 0.282. The highest BCUT2D eigenvalue weighted by Gasteiger charge is 2.17. The second-order valence-corrected chi connectivity index (χ2v) is 5.68. The number of benzene rings is 2. The Labute approximate surface area is 140 Å². The van der Waals surface area contributed by atoms with Crippen molar-refractivity contribution in [2.24, 2.45) is 0 Å². The van der Waals surface area contributed by atoms with Gasteiger partial charge in [0.05, 0.1) is 10.7 Å². The molecule has 0 heterocycles. The van der Waals surface area contributed by atoms with E-state index < -0.39 is 6.10 Å². The highest BCUT2D eigenvalue weighted by atomic mass is 35.5. The van der Waals surface area contributed by atoms with Crippen LogP contribution in [0.3, 0.4) is 0 Å². The molecule has 0 radical (unpaired) electrons. The lowest BCUT2D eigenvalue weighted by atomic mass is 10.1. The van der Waals surface area contributed by atoms with E-state index in [1.165, 1.54) is 0 Å². The lowest BCUT2D eigenvalue weighted by Crippen LogP contribution is -2.30. The van der Waals surface area contributed by atoms with Crippen LogP contribution in [0.1, 0.15) is 19.4 Å². The van der Waals surface area contributed by atoms with Gasteiger partial charge in [0.1, 0.15) is 5.75 Å². The summed E-state index contributed by atoms with van der Waals surface area (Å²) in [5.41, 5.74) is 1.53. The van der Waals surface area contributed by atoms with Crippen LogP contribution in [0.15, 0.2) is 42.5 Å². The van der Waals surface area contributed by atoms with Crippen molar-refractivity contribution in [2.75, 3.05) is 5.32 Å². The molecule has 0 spiro atoms. The normalized spacial score (nSPS) is 11.8. The third-order valence-corrected chi connectivity index (χ3v) is 3.78. The van der Waals surface area contributed by atoms with Gasteiger partial charge in [-0.2, -0.15) is 0 Å². The maximum absolute atomic E-state index is 12.2. The Morgan fingerprint density at radius 1 is 1.23 bits per heavy atom. The topological polar surface area (TPSA) is 38.3 Å². The van der Waals surface area contributed by atoms with Crippen molar-refractivity contribution in [1.82, 2.24) is 0 Å². The van der Waals surface area contributed by atoms with Crippen LogP contribution >= 0.6 is 23.2 Å². The molecule has 2 rings (SSSR count). The molecule has 0 saturated carbocycles. The van der Waals surface area contributed by atoms with Crippen molar-refractivity contribution in [2.45, 2.75) is 26.4 Å². The molecule has 116 valence electrons. The molecule has 0 aliphatic carbocycles. The molecule has 0 fully saturated rings. The molecule has 5 heteroatoms. The monoisotopic (exact) mass is 337 g/mol. The van der Waals surface area contributed by atoms with Crippen molar-refractivity contribution in [1.29, 1.82) is 0 Å². The summed E-state index contributed by atoms with van der Waals surface area (Å²) in [7, 11) is 0. The quantitative estimate of drug-likeness (QED) is 0.837. The molecule has 1 atom stereocenters. The number of para-hydroxylation sites is 1. The molecule has 0 aliphatic rings. The van der Waals surface area contributed by atoms with Crippen LogP contribution in [-0.4, -0.2) is 12.0 Å². The van der Waals surface area contributed by atoms with Gasteiger partial charge in [-0.15, -0.1) is 0 Å². The zero-order valence-electron chi connectivity index (χ0n) is 12.4. The van der Waals surface area contributed by atoms with Crippen LogP contribution < -0.4 is 10.1 Å². The predicted octanol–water partition coefficient (Wildman–Crippen LogP) is 4.96. The van der Waals surface area contributed by atoms with Gasteiger partial charge in [-0.3, -0.25) is 4.79 Å². The standard InChI is InChI=1S/C17H17Cl2NO2/c1-3-12-6-4-5-7-16(12)22-11(2)17(21)20-15-10-13(18)8-9-14(15)19/h4-11H,3H2,1-2H3,(H,20,21)/t11-/m0/s1. The van der Waals surface area contributed by atoms with E-state index in [4.69, 9.17) is 27.9 Å². The van der Waals surface area contributed by atoms with Gasteiger partial charge in [0.2, 0.25) is 0 Å². The van der Waals surface area contributed by atoms with Crippen molar-refractivity contribution in [3.63, 3.8) is 0 Å². The molecular formula is C17H17Cl2NO2. The minimum Gasteiger partial charge on any atom is -0.481 e. The summed E-state index contributed by atoms with van der Waals surface area (Å²) < 4.78 is 5.75. The van der Waals surface area contributed by atoms with Gasteiger partial charge in [-0.1, -0.05) is 48.3 Å². The van der Waals surface area contributed by atoms with Gasteiger partial charge in [-0.25, -0.2) is 0 Å². The molecule has 2 aromatic carbocycles. The summed E-state index contributed by atoms with van der Waals surface area (Å²) in [6.45, 7) is 3.74. The van der Waals surface area contributed by atoms with E-state index in [2.05, 4.69) is 5.32 Å². The number of hydrogen-bond acceptors (Lipinski definition) is 2. The molecule has 2 aromatic rings. The highest BCUT2D eigenvalue weighted by Crippen LogP contribution is 2.26. The molecule has 0 bridgehead atoms. The maximum Gasteiger partial charge on any atom is 0.265 e. The highest BCUT2D eigenvalue weighted by molar-refractivity contribution is 6.35. The minimum atomic E-state index is -0.650. The third-order valence-electron chi connectivity index (χ3n) is 3.21. The number of aryl methyl sites for hydroxylation is 1. The first-order valence-corrected chi connectivity index (χ1v) is 7.77. The van der Waals surface area contributed by atoms with Crippen LogP contribution in [0.4, 0.5) is 5.69 Å². The summed E-state index contributed by atoms with van der Waals surface area (Å²) in [5, 5.41) is 3.66. The van der Waals surface area contributed by atoms with E-state index in [1.807, 2.05) is 31.2 Å². The average molecular weight is 338 g/mol. The van der Waals surface area contributed by atoms with Gasteiger partial charge in [0.15, 0.2) is 6.10 Å². The van der Waals surface area contributed by atoms with Gasteiger partial charge in [0, 0.05) is 5.02 Å². The number of carbonyl (C=O) groups is 1. The van der Waals surface area contributed by atoms with Crippen molar-refractivity contribution in [3.8, 4) is 5.75 Å². The summed E-state index contributed by atoms with van der Waals surface area (Å²) in [4.78, 5) is 12.2. The summed E-state index contributed by atoms with van der Waals surface area (Å²) in [6, 6.07) is 12.6. The molecular weight excluding hydrogens is 321 g/mol. The molecule has 0 unspecified atom stereocenters. The smallest absolute Gasteiger partial charge is 0.265 e. The maximum atomic E-state index is 12.2. The largest absolute Gasteiger partial charge is 0.481 e. The average Bonchev–Trinajstić information content (AvgIpc) is 2.51. The van der Waals surface area contributed by atoms with Crippen LogP contribution in [0.2, 0.25) is 10.0 Å². The van der Waals surface area contributed by atoms with Gasteiger partial charge < -0.3 is 10.1 Å². The molecule has 0 saturated heterocycles. The SMILES string of the molecule is CCc1ccccc1O[C@@H](C)C(=O)Nc1cc(Cl)ccc1Cl. The lowest BCUT2D eigenvalue weighted by Gasteiger charge is -2.17. The molecule has 1 amide bonds. The van der Waals surface area contributed by atoms with Crippen molar-refractivity contribution >= 4 is 34.8 Å². The van der Waals surface area contributed by atoms with E-state index in [9.17, 15) is 4.79 Å². The van der Waals surface area contributed by atoms with Crippen LogP contribution in [0.25, 0.3) is 0 Å². The van der Waals surface area contributed by atoms with Crippen molar-refractivity contribution in [3.05, 3.63) is 58.1 Å².